The molecule has 38 heavy (non-hydrogen) atoms. The van der Waals surface area contributed by atoms with Crippen molar-refractivity contribution in [1.29, 1.82) is 5.26 Å². The maximum absolute atomic E-state index is 13.1. The summed E-state index contributed by atoms with van der Waals surface area (Å²) in [5.74, 6) is -2.79. The van der Waals surface area contributed by atoms with E-state index in [1.54, 1.807) is 23.6 Å². The summed E-state index contributed by atoms with van der Waals surface area (Å²) in [6.45, 7) is -0.260. The lowest BCUT2D eigenvalue weighted by molar-refractivity contribution is -0.679. The lowest BCUT2D eigenvalue weighted by Gasteiger charge is -2.49. The Balaban J connectivity index is 1.46. The van der Waals surface area contributed by atoms with Crippen LogP contribution in [0.2, 0.25) is 0 Å². The summed E-state index contributed by atoms with van der Waals surface area (Å²) < 4.78 is 0. The minimum Gasteiger partial charge on any atom is -0.591 e. The van der Waals surface area contributed by atoms with Gasteiger partial charge in [-0.1, -0.05) is 17.8 Å². The monoisotopic (exact) mass is 577 g/mol. The number of hydrogen-bond donors (Lipinski definition) is 5. The standard InChI is InChI=1S/C21H19N7O7S3/c22-5-6-23-21(34)25-14(11-2-1-7-36-11)17(30)24-15-18(31)27-16(20(32)33)10(9-38-19(15)27)8-37-12-3-4-13(29)28(35)26-12/h1-4,7,14-15,19,29H,6,8-9H2,(H,24,30)(H,32,33)(H2,23,25,34)/t14?,15-,19?/m1/s1. The van der Waals surface area contributed by atoms with E-state index in [-0.39, 0.29) is 33.6 Å². The number of rotatable bonds is 9. The van der Waals surface area contributed by atoms with Crippen LogP contribution in [0.25, 0.3) is 0 Å². The van der Waals surface area contributed by atoms with Crippen molar-refractivity contribution in [3.8, 4) is 11.9 Å². The summed E-state index contributed by atoms with van der Waals surface area (Å²) in [5, 5.41) is 51.6. The molecule has 4 heterocycles. The van der Waals surface area contributed by atoms with Crippen LogP contribution in [0, 0.1) is 16.5 Å². The summed E-state index contributed by atoms with van der Waals surface area (Å²) >= 11 is 3.56. The number of nitriles is 1. The molecule has 2 aromatic rings. The van der Waals surface area contributed by atoms with Gasteiger partial charge in [-0.05, 0) is 27.9 Å². The molecule has 4 amide bonds. The number of amides is 4. The topological polar surface area (TPSA) is 212 Å². The van der Waals surface area contributed by atoms with Gasteiger partial charge in [-0.2, -0.15) is 5.26 Å². The Hall–Kier alpha value is -4.01. The molecular weight excluding hydrogens is 558 g/mol. The molecule has 1 saturated heterocycles. The highest BCUT2D eigenvalue weighted by molar-refractivity contribution is 8.01. The number of β-lactam (4-membered cyclic amide) rings is 1. The van der Waals surface area contributed by atoms with E-state index < -0.39 is 47.2 Å². The lowest BCUT2D eigenvalue weighted by atomic mass is 10.0. The fourth-order valence-electron chi connectivity index (χ4n) is 3.68. The first-order valence-electron chi connectivity index (χ1n) is 10.8. The zero-order valence-electron chi connectivity index (χ0n) is 19.2. The first kappa shape index (κ1) is 27.0. The van der Waals surface area contributed by atoms with Gasteiger partial charge in [-0.3, -0.25) is 14.5 Å². The van der Waals surface area contributed by atoms with Crippen LogP contribution >= 0.6 is 34.9 Å². The fourth-order valence-corrected chi connectivity index (χ4v) is 6.78. The van der Waals surface area contributed by atoms with Gasteiger partial charge in [0.1, 0.15) is 29.7 Å². The number of fused-ring (bicyclic) bond motifs is 1. The van der Waals surface area contributed by atoms with Gasteiger partial charge in [0.05, 0.1) is 12.1 Å². The highest BCUT2D eigenvalue weighted by atomic mass is 32.2. The molecule has 2 aliphatic heterocycles. The molecule has 0 spiro atoms. The maximum Gasteiger partial charge on any atom is 0.403 e. The number of nitrogens with one attached hydrogen (secondary N) is 3. The molecule has 14 nitrogen and oxygen atoms in total. The van der Waals surface area contributed by atoms with Crippen LogP contribution in [0.5, 0.6) is 5.88 Å². The van der Waals surface area contributed by atoms with Gasteiger partial charge in [0.25, 0.3) is 5.91 Å². The molecule has 3 atom stereocenters. The second-order valence-electron chi connectivity index (χ2n) is 7.78. The predicted molar refractivity (Wildman–Crippen MR) is 134 cm³/mol. The van der Waals surface area contributed by atoms with E-state index in [1.165, 1.54) is 29.2 Å². The quantitative estimate of drug-likeness (QED) is 0.0871. The van der Waals surface area contributed by atoms with E-state index in [1.807, 2.05) is 0 Å². The molecule has 198 valence electrons. The zero-order chi connectivity index (χ0) is 27.4. The van der Waals surface area contributed by atoms with E-state index in [2.05, 4.69) is 21.0 Å². The third kappa shape index (κ3) is 5.61. The highest BCUT2D eigenvalue weighted by Gasteiger charge is 2.54. The highest BCUT2D eigenvalue weighted by Crippen LogP contribution is 2.41. The average Bonchev–Trinajstić information content (AvgIpc) is 3.43. The van der Waals surface area contributed by atoms with E-state index >= 15 is 0 Å². The Labute approximate surface area is 227 Å². The molecule has 0 radical (unpaired) electrons. The summed E-state index contributed by atoms with van der Waals surface area (Å²) in [7, 11) is 0. The summed E-state index contributed by atoms with van der Waals surface area (Å²) in [6, 6.07) is 4.77. The molecule has 1 fully saturated rings. The molecule has 2 aromatic heterocycles. The van der Waals surface area contributed by atoms with Crippen LogP contribution in [-0.4, -0.2) is 73.5 Å². The number of urea groups is 1. The van der Waals surface area contributed by atoms with Gasteiger partial charge in [0.15, 0.2) is 5.03 Å². The fraction of sp³-hybridized carbons (Fsp3) is 0.286. The number of hydrogen-bond acceptors (Lipinski definition) is 11. The van der Waals surface area contributed by atoms with Gasteiger partial charge in [0, 0.05) is 21.5 Å². The maximum atomic E-state index is 13.1. The van der Waals surface area contributed by atoms with Crippen LogP contribution in [0.3, 0.4) is 0 Å². The van der Waals surface area contributed by atoms with Gasteiger partial charge < -0.3 is 31.4 Å². The minimum atomic E-state index is -1.31. The Bertz CT molecular complexity index is 1350. The Morgan fingerprint density at radius 1 is 1.37 bits per heavy atom. The molecule has 5 N–H and O–H groups in total. The Morgan fingerprint density at radius 3 is 2.82 bits per heavy atom. The third-order valence-electron chi connectivity index (χ3n) is 5.40. The predicted octanol–water partition coefficient (Wildman–Crippen LogP) is -0.123. The van der Waals surface area contributed by atoms with Crippen molar-refractivity contribution in [2.75, 3.05) is 18.1 Å². The van der Waals surface area contributed by atoms with Crippen LogP contribution < -0.4 is 20.8 Å². The minimum absolute atomic E-state index is 0.0399. The molecule has 17 heteroatoms. The molecular formula is C21H19N7O7S3. The normalized spacial score (nSPS) is 19.0. The number of carbonyl (C=O) groups excluding carboxylic acids is 3. The smallest absolute Gasteiger partial charge is 0.403 e. The van der Waals surface area contributed by atoms with Crippen molar-refractivity contribution in [1.82, 2.24) is 25.9 Å². The molecule has 0 saturated carbocycles. The molecule has 4 rings (SSSR count). The number of carbonyl (C=O) groups is 4. The van der Waals surface area contributed by atoms with Crippen molar-refractivity contribution in [2.45, 2.75) is 22.5 Å². The average molecular weight is 578 g/mol. The van der Waals surface area contributed by atoms with Gasteiger partial charge in [-0.25, -0.2) is 9.59 Å². The van der Waals surface area contributed by atoms with E-state index in [0.717, 1.165) is 22.7 Å². The second kappa shape index (κ2) is 11.6. The first-order valence-corrected chi connectivity index (χ1v) is 13.7. The summed E-state index contributed by atoms with van der Waals surface area (Å²) in [4.78, 5) is 51.9. The van der Waals surface area contributed by atoms with E-state index in [0.29, 0.717) is 10.5 Å². The van der Waals surface area contributed by atoms with Crippen molar-refractivity contribution in [3.05, 3.63) is 51.0 Å². The molecule has 0 aromatic carbocycles. The van der Waals surface area contributed by atoms with Crippen molar-refractivity contribution in [2.24, 2.45) is 0 Å². The van der Waals surface area contributed by atoms with E-state index in [9.17, 15) is 34.6 Å². The molecule has 2 aliphatic rings. The lowest BCUT2D eigenvalue weighted by Crippen LogP contribution is -2.71. The third-order valence-corrected chi connectivity index (χ3v) is 8.68. The summed E-state index contributed by atoms with van der Waals surface area (Å²) in [5.41, 5.74) is 0.232. The van der Waals surface area contributed by atoms with Crippen LogP contribution in [-0.2, 0) is 14.4 Å². The first-order chi connectivity index (χ1) is 18.2. The van der Waals surface area contributed by atoms with Gasteiger partial charge in [-0.15, -0.1) is 23.1 Å². The van der Waals surface area contributed by atoms with Crippen LogP contribution in [0.4, 0.5) is 4.79 Å². The van der Waals surface area contributed by atoms with E-state index in [4.69, 9.17) is 5.26 Å². The Morgan fingerprint density at radius 2 is 2.16 bits per heavy atom. The Kier molecular flexibility index (Phi) is 8.24. The number of thioether (sulfide) groups is 2. The molecule has 0 bridgehead atoms. The molecule has 0 aliphatic carbocycles. The number of nitrogens with zero attached hydrogens (tertiary/aromatic N) is 4. The molecule has 2 unspecified atom stereocenters. The van der Waals surface area contributed by atoms with Crippen molar-refractivity contribution < 1.29 is 34.2 Å². The number of carboxylic acids is 1. The van der Waals surface area contributed by atoms with Gasteiger partial charge in [0.2, 0.25) is 5.91 Å². The van der Waals surface area contributed by atoms with Crippen LogP contribution in [0.15, 0.2) is 45.9 Å². The number of thiophene rings is 1. The van der Waals surface area contributed by atoms with Crippen molar-refractivity contribution >= 4 is 58.7 Å². The second-order valence-corrected chi connectivity index (χ2v) is 10.9. The number of aromatic hydroxyl groups is 1. The number of aromatic nitrogens is 2. The number of aliphatic carboxylic acids is 1. The zero-order valence-corrected chi connectivity index (χ0v) is 21.6. The number of carboxylic acid groups (broad SMARTS) is 1. The van der Waals surface area contributed by atoms with Crippen LogP contribution in [0.1, 0.15) is 10.9 Å². The SMILES string of the molecule is N#CCNC(=O)NC(C(=O)N[C@@H]1C(=O)N2C(C(=O)O)=C(CSc3ccc(O)[n+]([O-])n3)CSC12)c1cccs1. The van der Waals surface area contributed by atoms with Crippen molar-refractivity contribution in [3.63, 3.8) is 0 Å². The summed E-state index contributed by atoms with van der Waals surface area (Å²) in [6.07, 6.45) is 0. The largest absolute Gasteiger partial charge is 0.591 e. The van der Waals surface area contributed by atoms with Gasteiger partial charge >= 0.3 is 17.9 Å².